The first-order valence-electron chi connectivity index (χ1n) is 7.79. The van der Waals surface area contributed by atoms with Gasteiger partial charge in [-0.05, 0) is 18.6 Å². The van der Waals surface area contributed by atoms with Crippen LogP contribution >= 0.6 is 24.8 Å². The van der Waals surface area contributed by atoms with Crippen molar-refractivity contribution in [2.75, 3.05) is 6.61 Å². The molecule has 136 valence electrons. The minimum Gasteiger partial charge on any atom is -0.404 e. The predicted octanol–water partition coefficient (Wildman–Crippen LogP) is 3.90. The molecular weight excluding hydrogens is 362 g/mol. The molecule has 0 unspecified atom stereocenters. The molecule has 1 aromatic carbocycles. The summed E-state index contributed by atoms with van der Waals surface area (Å²) in [6, 6.07) is 13.3. The Hall–Kier alpha value is -1.44. The topological polar surface area (TPSA) is 74.4 Å². The normalized spacial score (nSPS) is 9.68. The van der Waals surface area contributed by atoms with Crippen molar-refractivity contribution in [2.45, 2.75) is 26.2 Å². The largest absolute Gasteiger partial charge is 0.554 e. The van der Waals surface area contributed by atoms with E-state index in [0.29, 0.717) is 12.2 Å². The van der Waals surface area contributed by atoms with Gasteiger partial charge in [0.1, 0.15) is 0 Å². The maximum atomic E-state index is 12.3. The van der Waals surface area contributed by atoms with Gasteiger partial charge >= 0.3 is 7.12 Å². The van der Waals surface area contributed by atoms with Crippen LogP contribution in [0, 0.1) is 0 Å². The molecule has 0 saturated heterocycles. The van der Waals surface area contributed by atoms with Gasteiger partial charge in [0, 0.05) is 23.9 Å². The van der Waals surface area contributed by atoms with Crippen LogP contribution in [0.1, 0.15) is 36.5 Å². The van der Waals surface area contributed by atoms with Crippen LogP contribution in [0.3, 0.4) is 0 Å². The number of carbonyl (C=O) groups is 1. The van der Waals surface area contributed by atoms with Gasteiger partial charge in [0.25, 0.3) is 0 Å². The van der Waals surface area contributed by atoms with E-state index in [1.807, 2.05) is 30.3 Å². The summed E-state index contributed by atoms with van der Waals surface area (Å²) in [7, 11) is -1.09. The van der Waals surface area contributed by atoms with Crippen LogP contribution in [0.4, 0.5) is 0 Å². The lowest BCUT2D eigenvalue weighted by Crippen LogP contribution is -2.36. The Labute approximate surface area is 161 Å². The van der Waals surface area contributed by atoms with Crippen molar-refractivity contribution in [3.05, 3.63) is 54.2 Å². The Morgan fingerprint density at radius 1 is 1.12 bits per heavy atom. The van der Waals surface area contributed by atoms with Crippen LogP contribution < -0.4 is 5.90 Å². The summed E-state index contributed by atoms with van der Waals surface area (Å²) in [5.41, 5.74) is 1.89. The molecule has 0 aliphatic carbocycles. The number of aromatic nitrogens is 1. The van der Waals surface area contributed by atoms with Crippen molar-refractivity contribution in [1.82, 2.24) is 4.98 Å². The van der Waals surface area contributed by atoms with Crippen molar-refractivity contribution in [3.63, 3.8) is 0 Å². The Kier molecular flexibility index (Phi) is 12.1. The van der Waals surface area contributed by atoms with E-state index in [9.17, 15) is 4.79 Å². The highest BCUT2D eigenvalue weighted by Crippen LogP contribution is 2.16. The van der Waals surface area contributed by atoms with Crippen molar-refractivity contribution in [3.8, 4) is 11.3 Å². The van der Waals surface area contributed by atoms with Gasteiger partial charge in [-0.3, -0.25) is 9.78 Å². The number of carbonyl (C=O) groups excluding carboxylic acids is 1. The Morgan fingerprint density at radius 2 is 1.84 bits per heavy atom. The molecule has 0 radical (unpaired) electrons. The van der Waals surface area contributed by atoms with Crippen LogP contribution in [-0.2, 0) is 9.41 Å². The number of nitrogens with zero attached hydrogens (tertiary/aromatic N) is 1. The fourth-order valence-electron chi connectivity index (χ4n) is 2.17. The van der Waals surface area contributed by atoms with E-state index in [-0.39, 0.29) is 30.5 Å². The highest BCUT2D eigenvalue weighted by Gasteiger charge is 2.29. The molecule has 1 heterocycles. The molecule has 2 aromatic rings. The van der Waals surface area contributed by atoms with Gasteiger partial charge in [-0.25, -0.2) is 5.90 Å². The van der Waals surface area contributed by atoms with Gasteiger partial charge in [0.2, 0.25) is 0 Å². The molecule has 0 aliphatic heterocycles. The number of hydrogen-bond acceptors (Lipinski definition) is 5. The van der Waals surface area contributed by atoms with Crippen LogP contribution in [0.15, 0.2) is 48.7 Å². The lowest BCUT2D eigenvalue weighted by atomic mass is 9.79. The molecular formula is C17H23BCl2N2O3. The lowest BCUT2D eigenvalue weighted by Gasteiger charge is -2.10. The van der Waals surface area contributed by atoms with E-state index in [1.54, 1.807) is 12.1 Å². The smallest absolute Gasteiger partial charge is 0.404 e. The molecule has 2 N–H and O–H groups in total. The Morgan fingerprint density at radius 3 is 2.40 bits per heavy atom. The summed E-state index contributed by atoms with van der Waals surface area (Å²) in [5, 5.41) is 0. The molecule has 5 nitrogen and oxygen atoms in total. The molecule has 0 spiro atoms. The van der Waals surface area contributed by atoms with Gasteiger partial charge in [-0.1, -0.05) is 50.1 Å². The highest BCUT2D eigenvalue weighted by atomic mass is 35.5. The van der Waals surface area contributed by atoms with E-state index in [4.69, 9.17) is 10.6 Å². The minimum atomic E-state index is -1.09. The van der Waals surface area contributed by atoms with E-state index in [2.05, 4.69) is 16.7 Å². The van der Waals surface area contributed by atoms with Crippen LogP contribution in [-0.4, -0.2) is 24.4 Å². The summed E-state index contributed by atoms with van der Waals surface area (Å²) < 4.78 is 10.1. The standard InChI is InChI=1S/C17H21BN2O3.2ClH/c1-2-3-7-12-22-18(23-19)17(21)15-10-11-16(20-13-15)14-8-5-4-6-9-14;;/h4-6,8-11,13H,2-3,7,12,19H2,1H3;2*1H. The third-order valence-corrected chi connectivity index (χ3v) is 3.47. The maximum absolute atomic E-state index is 12.3. The third kappa shape index (κ3) is 7.14. The zero-order valence-electron chi connectivity index (χ0n) is 14.1. The number of unbranched alkanes of at least 4 members (excludes halogenated alkanes) is 2. The second-order valence-electron chi connectivity index (χ2n) is 5.21. The van der Waals surface area contributed by atoms with Gasteiger partial charge in [0.15, 0.2) is 5.68 Å². The maximum Gasteiger partial charge on any atom is 0.554 e. The second kappa shape index (κ2) is 12.9. The number of halogens is 2. The summed E-state index contributed by atoms with van der Waals surface area (Å²) in [6.45, 7) is 2.54. The number of pyridine rings is 1. The SMILES string of the molecule is CCCCCOB(ON)C(=O)c1ccc(-c2ccccc2)nc1.Cl.Cl. The summed E-state index contributed by atoms with van der Waals surface area (Å²) >= 11 is 0. The first-order valence-corrected chi connectivity index (χ1v) is 7.79. The van der Waals surface area contributed by atoms with Gasteiger partial charge in [-0.2, -0.15) is 0 Å². The van der Waals surface area contributed by atoms with Gasteiger partial charge < -0.3 is 9.41 Å². The van der Waals surface area contributed by atoms with Crippen molar-refractivity contribution >= 4 is 37.6 Å². The highest BCUT2D eigenvalue weighted by molar-refractivity contribution is 6.83. The van der Waals surface area contributed by atoms with Crippen molar-refractivity contribution in [2.24, 2.45) is 5.90 Å². The monoisotopic (exact) mass is 384 g/mol. The fourth-order valence-corrected chi connectivity index (χ4v) is 2.17. The van der Waals surface area contributed by atoms with Gasteiger partial charge in [0.05, 0.1) is 5.69 Å². The average Bonchev–Trinajstić information content (AvgIpc) is 2.62. The molecule has 0 saturated carbocycles. The summed E-state index contributed by atoms with van der Waals surface area (Å²) in [5.74, 6) is 5.18. The zero-order chi connectivity index (χ0) is 16.5. The number of hydrogen-bond donors (Lipinski definition) is 1. The fraction of sp³-hybridized carbons (Fsp3) is 0.294. The molecule has 8 heteroatoms. The third-order valence-electron chi connectivity index (χ3n) is 3.47. The zero-order valence-corrected chi connectivity index (χ0v) is 15.7. The second-order valence-corrected chi connectivity index (χ2v) is 5.21. The quantitative estimate of drug-likeness (QED) is 0.403. The van der Waals surface area contributed by atoms with Crippen LogP contribution in [0.2, 0.25) is 0 Å². The molecule has 0 fully saturated rings. The molecule has 2 rings (SSSR count). The number of benzene rings is 1. The average molecular weight is 385 g/mol. The molecule has 0 bridgehead atoms. The van der Waals surface area contributed by atoms with E-state index in [1.165, 1.54) is 6.20 Å². The summed E-state index contributed by atoms with van der Waals surface area (Å²) in [4.78, 5) is 16.6. The van der Waals surface area contributed by atoms with Gasteiger partial charge in [-0.15, -0.1) is 24.8 Å². The molecule has 0 amide bonds. The molecule has 25 heavy (non-hydrogen) atoms. The first-order chi connectivity index (χ1) is 11.3. The van der Waals surface area contributed by atoms with Crippen LogP contribution in [0.5, 0.6) is 0 Å². The lowest BCUT2D eigenvalue weighted by molar-refractivity contribution is 0.0972. The van der Waals surface area contributed by atoms with Crippen molar-refractivity contribution < 1.29 is 14.2 Å². The van der Waals surface area contributed by atoms with E-state index in [0.717, 1.165) is 30.5 Å². The predicted molar refractivity (Wildman–Crippen MR) is 105 cm³/mol. The molecule has 0 aliphatic rings. The minimum absolute atomic E-state index is 0. The van der Waals surface area contributed by atoms with E-state index < -0.39 is 7.12 Å². The Bertz CT molecular complexity index is 615. The summed E-state index contributed by atoms with van der Waals surface area (Å²) in [6.07, 6.45) is 4.51. The van der Waals surface area contributed by atoms with Crippen molar-refractivity contribution in [1.29, 1.82) is 0 Å². The van der Waals surface area contributed by atoms with E-state index >= 15 is 0 Å². The number of nitrogens with two attached hydrogens (primary N) is 1. The molecule has 1 aromatic heterocycles. The number of rotatable bonds is 9. The molecule has 0 atom stereocenters. The Balaban J connectivity index is 0.00000288. The first kappa shape index (κ1) is 23.6. The van der Waals surface area contributed by atoms with Crippen LogP contribution in [0.25, 0.3) is 11.3 Å².